The highest BCUT2D eigenvalue weighted by Gasteiger charge is 1.72. The molecule has 0 aromatic rings. The Hall–Kier alpha value is 0.726. The first-order valence-corrected chi connectivity index (χ1v) is 1.71. The third-order valence-electron chi connectivity index (χ3n) is 0.447. The van der Waals surface area contributed by atoms with Gasteiger partial charge in [0.1, 0.15) is 0 Å². The summed E-state index contributed by atoms with van der Waals surface area (Å²) in [4.78, 5) is 2.01. The highest BCUT2D eigenvalue weighted by molar-refractivity contribution is 5.75. The fraction of sp³-hybridized carbons (Fsp3) is 0.750. The molecule has 1 nitrogen and oxygen atoms in total. The monoisotopic (exact) mass is 98.1 g/mol. The van der Waals surface area contributed by atoms with Gasteiger partial charge in [-0.3, -0.25) is 0 Å². The molecule has 6 heavy (non-hydrogen) atoms. The molecule has 2 heteroatoms. The van der Waals surface area contributed by atoms with Gasteiger partial charge in [-0.25, -0.2) is 0 Å². The van der Waals surface area contributed by atoms with E-state index in [1.807, 2.05) is 19.0 Å². The first kappa shape index (κ1) is 9.87. The number of hydrogen-bond donors (Lipinski definition) is 0. The van der Waals surface area contributed by atoms with Crippen molar-refractivity contribution in [1.29, 1.82) is 0 Å². The van der Waals surface area contributed by atoms with Crippen LogP contribution in [-0.2, 0) is 0 Å². The molecule has 0 aromatic heterocycles. The largest absolute Gasteiger partial charge is 0.316 e. The molecular formula is C4H12MgN. The molecule has 0 atom stereocenters. The van der Waals surface area contributed by atoms with Crippen molar-refractivity contribution in [2.45, 2.75) is 0 Å². The van der Waals surface area contributed by atoms with Crippen molar-refractivity contribution in [3.8, 4) is 0 Å². The summed E-state index contributed by atoms with van der Waals surface area (Å²) in [5.41, 5.74) is 0. The van der Waals surface area contributed by atoms with Crippen molar-refractivity contribution < 1.29 is 0 Å². The molecule has 0 saturated heterocycles. The molecule has 0 rings (SSSR count). The van der Waals surface area contributed by atoms with Crippen molar-refractivity contribution in [2.24, 2.45) is 0 Å². The second-order valence-corrected chi connectivity index (χ2v) is 1.30. The zero-order valence-electron chi connectivity index (χ0n) is 3.86. The van der Waals surface area contributed by atoms with E-state index in [4.69, 9.17) is 0 Å². The molecule has 1 radical (unpaired) electrons. The van der Waals surface area contributed by atoms with E-state index in [1.165, 1.54) is 0 Å². The Kier molecular flexibility index (Phi) is 9.42. The fourth-order valence-corrected chi connectivity index (χ4v) is 0. The van der Waals surface area contributed by atoms with E-state index < -0.39 is 0 Å². The lowest BCUT2D eigenvalue weighted by molar-refractivity contribution is 0.455. The molecule has 0 aliphatic heterocycles. The predicted octanol–water partition coefficient (Wildman–Crippen LogP) is -0.534. The molecule has 0 aliphatic rings. The van der Waals surface area contributed by atoms with Gasteiger partial charge in [-0.2, -0.15) is 0 Å². The minimum atomic E-state index is 0. The summed E-state index contributed by atoms with van der Waals surface area (Å²) in [5, 5.41) is 0. The van der Waals surface area contributed by atoms with E-state index in [0.29, 0.717) is 0 Å². The van der Waals surface area contributed by atoms with E-state index in [0.717, 1.165) is 6.54 Å². The molecule has 0 fully saturated rings. The van der Waals surface area contributed by atoms with Crippen LogP contribution in [0.25, 0.3) is 0 Å². The summed E-state index contributed by atoms with van der Waals surface area (Å²) in [6, 6.07) is 0. The molecule has 0 N–H and O–H groups in total. The van der Waals surface area contributed by atoms with Crippen molar-refractivity contribution in [3.05, 3.63) is 6.92 Å². The number of hydrogen-bond acceptors (Lipinski definition) is 1. The van der Waals surface area contributed by atoms with Crippen LogP contribution in [-0.4, -0.2) is 48.6 Å². The van der Waals surface area contributed by atoms with Gasteiger partial charge in [0.2, 0.25) is 0 Å². The van der Waals surface area contributed by atoms with Crippen LogP contribution in [0.2, 0.25) is 0 Å². The van der Waals surface area contributed by atoms with Crippen LogP contribution in [0.15, 0.2) is 0 Å². The third-order valence-corrected chi connectivity index (χ3v) is 0.447. The Balaban J connectivity index is 0. The summed E-state index contributed by atoms with van der Waals surface area (Å²) in [7, 11) is 3.99. The zero-order chi connectivity index (χ0) is 4.28. The van der Waals surface area contributed by atoms with Crippen LogP contribution in [0.1, 0.15) is 0 Å². The first-order valence-electron chi connectivity index (χ1n) is 1.71. The summed E-state index contributed by atoms with van der Waals surface area (Å²) < 4.78 is 0. The highest BCUT2D eigenvalue weighted by atomic mass is 24.3. The smallest absolute Gasteiger partial charge is 0.309 e. The van der Waals surface area contributed by atoms with Gasteiger partial charge in [0, 0.05) is 0 Å². The van der Waals surface area contributed by atoms with E-state index in [2.05, 4.69) is 6.92 Å². The maximum Gasteiger partial charge on any atom is 0.316 e. The third kappa shape index (κ3) is 8.83. The second kappa shape index (κ2) is 5.73. The van der Waals surface area contributed by atoms with Crippen LogP contribution in [0.5, 0.6) is 0 Å². The minimum absolute atomic E-state index is 0. The van der Waals surface area contributed by atoms with Crippen LogP contribution in [0.3, 0.4) is 0 Å². The topological polar surface area (TPSA) is 3.24 Å². The normalized spacial score (nSPS) is 8.00. The van der Waals surface area contributed by atoms with Gasteiger partial charge < -0.3 is 4.90 Å². The van der Waals surface area contributed by atoms with E-state index in [9.17, 15) is 0 Å². The maximum absolute atomic E-state index is 3.61. The average Bonchev–Trinajstić information content (AvgIpc) is 1.38. The lowest BCUT2D eigenvalue weighted by Gasteiger charge is -1.99. The lowest BCUT2D eigenvalue weighted by Crippen LogP contribution is -2.08. The maximum atomic E-state index is 3.61. The van der Waals surface area contributed by atoms with Gasteiger partial charge in [0.05, 0.1) is 0 Å². The average molecular weight is 98.5 g/mol. The molecule has 0 heterocycles. The molecule has 0 amide bonds. The summed E-state index contributed by atoms with van der Waals surface area (Å²) in [6.07, 6.45) is 0. The Labute approximate surface area is 55.9 Å². The Bertz CT molecular complexity index is 21.5. The fourth-order valence-electron chi connectivity index (χ4n) is 0. The number of rotatable bonds is 1. The molecule has 0 saturated carbocycles. The first-order chi connectivity index (χ1) is 2.27. The van der Waals surface area contributed by atoms with Crippen molar-refractivity contribution >= 4 is 23.1 Å². The lowest BCUT2D eigenvalue weighted by atomic mass is 10.7. The van der Waals surface area contributed by atoms with Crippen LogP contribution >= 0.6 is 0 Å². The van der Waals surface area contributed by atoms with E-state index in [-0.39, 0.29) is 23.1 Å². The SMILES string of the molecule is [CH2]CN(C)C.[MgH2]. The van der Waals surface area contributed by atoms with Gasteiger partial charge in [-0.05, 0) is 27.6 Å². The molecule has 0 spiro atoms. The van der Waals surface area contributed by atoms with E-state index >= 15 is 0 Å². The molecule has 0 bridgehead atoms. The summed E-state index contributed by atoms with van der Waals surface area (Å²) in [6.45, 7) is 4.50. The molecule has 0 aromatic carbocycles. The van der Waals surface area contributed by atoms with E-state index in [1.54, 1.807) is 0 Å². The standard InChI is InChI=1S/C4H10N.Mg.2H/c1-4-5(2)3;;;/h1,4H2,2-3H3;;;. The van der Waals surface area contributed by atoms with Crippen LogP contribution < -0.4 is 0 Å². The molecule has 0 unspecified atom stereocenters. The van der Waals surface area contributed by atoms with Gasteiger partial charge in [0.25, 0.3) is 0 Å². The van der Waals surface area contributed by atoms with Crippen LogP contribution in [0, 0.1) is 6.92 Å². The van der Waals surface area contributed by atoms with Gasteiger partial charge in [0.15, 0.2) is 0 Å². The van der Waals surface area contributed by atoms with Gasteiger partial charge >= 0.3 is 23.1 Å². The molecule has 35 valence electrons. The Morgan fingerprint density at radius 2 is 1.67 bits per heavy atom. The van der Waals surface area contributed by atoms with Crippen LogP contribution in [0.4, 0.5) is 0 Å². The Morgan fingerprint density at radius 1 is 1.50 bits per heavy atom. The van der Waals surface area contributed by atoms with Crippen molar-refractivity contribution in [1.82, 2.24) is 4.90 Å². The summed E-state index contributed by atoms with van der Waals surface area (Å²) >= 11 is 0. The van der Waals surface area contributed by atoms with Gasteiger partial charge in [-0.1, -0.05) is 0 Å². The summed E-state index contributed by atoms with van der Waals surface area (Å²) in [5.74, 6) is 0. The van der Waals surface area contributed by atoms with Gasteiger partial charge in [-0.15, -0.1) is 0 Å². The minimum Gasteiger partial charge on any atom is -0.309 e. The molecule has 0 aliphatic carbocycles. The van der Waals surface area contributed by atoms with Crippen molar-refractivity contribution in [3.63, 3.8) is 0 Å². The van der Waals surface area contributed by atoms with Crippen molar-refractivity contribution in [2.75, 3.05) is 20.6 Å². The molecular weight excluding hydrogens is 86.4 g/mol. The highest BCUT2D eigenvalue weighted by Crippen LogP contribution is 1.63. The zero-order valence-corrected chi connectivity index (χ0v) is 3.86. The second-order valence-electron chi connectivity index (χ2n) is 1.30. The number of nitrogens with zero attached hydrogens (tertiary/aromatic N) is 1. The predicted molar refractivity (Wildman–Crippen MR) is 32.5 cm³/mol. The Morgan fingerprint density at radius 3 is 1.67 bits per heavy atom. The quantitative estimate of drug-likeness (QED) is 0.399.